The number of sulfonamides is 4. The molecule has 5 saturated heterocycles. The molecule has 79 heavy (non-hydrogen) atoms. The predicted octanol–water partition coefficient (Wildman–Crippen LogP) is 15.3. The van der Waals surface area contributed by atoms with Gasteiger partial charge < -0.3 is 14.3 Å². The van der Waals surface area contributed by atoms with E-state index in [1.54, 1.807) is 4.13 Å². The minimum absolute atomic E-state index is 0. The molecule has 0 amide bonds. The van der Waals surface area contributed by atoms with Gasteiger partial charge in [0.05, 0.1) is 37.7 Å². The summed E-state index contributed by atoms with van der Waals surface area (Å²) in [5.74, 6) is 2.72. The highest BCUT2D eigenvalue weighted by Crippen LogP contribution is 2.29. The standard InChI is InChI=1S/C27H54N2.C27H52N2.C3H7NO4S2.C3H6NO4S2.CH4/c2*1-2-3-4-5-6-7-8-9-10-11-12-13-14-15-16-17-21-26-22-18-19-24-29-25-20-23-28-27(26)29;2*5-9(6)2-1-3-10(7,8)4-9;/h26-28H,2-25H2,1H3;26H,2-25H2,1H3;4H,1-3H2;1-3H2;1H4/q;;;-1;. The molecule has 2 N–H and O–H groups in total. The number of rotatable bonds is 34. The molecule has 0 spiro atoms. The molecule has 0 aromatic heterocycles. The number of amidine groups is 1. The first-order chi connectivity index (χ1) is 37.7. The fourth-order valence-corrected chi connectivity index (χ4v) is 19.0. The highest BCUT2D eigenvalue weighted by atomic mass is 32.3. The molecule has 3 unspecified atom stereocenters. The zero-order chi connectivity index (χ0) is 56.5. The first-order valence-corrected chi connectivity index (χ1v) is 39.4. The van der Waals surface area contributed by atoms with Gasteiger partial charge in [-0.3, -0.25) is 9.89 Å². The Morgan fingerprint density at radius 2 is 0.835 bits per heavy atom. The Hall–Kier alpha value is -0.890. The van der Waals surface area contributed by atoms with E-state index in [2.05, 4.69) is 33.1 Å². The predicted molar refractivity (Wildman–Crippen MR) is 337 cm³/mol. The van der Waals surface area contributed by atoms with E-state index in [1.165, 1.54) is 308 Å². The van der Waals surface area contributed by atoms with Crippen LogP contribution in [0, 0.1) is 11.8 Å². The smallest absolute Gasteiger partial charge is 0.224 e. The second kappa shape index (κ2) is 45.5. The maximum atomic E-state index is 10.6. The highest BCUT2D eigenvalue weighted by Gasteiger charge is 2.31. The van der Waals surface area contributed by atoms with Crippen molar-refractivity contribution < 1.29 is 33.7 Å². The van der Waals surface area contributed by atoms with E-state index in [-0.39, 0.29) is 43.3 Å². The molecule has 0 radical (unpaired) electrons. The zero-order valence-electron chi connectivity index (χ0n) is 50.1. The summed E-state index contributed by atoms with van der Waals surface area (Å²) in [5.41, 5.74) is 0. The van der Waals surface area contributed by atoms with Crippen LogP contribution < -0.4 is 9.44 Å². The Balaban J connectivity index is 0.000000397. The van der Waals surface area contributed by atoms with Crippen molar-refractivity contribution in [3.63, 3.8) is 0 Å². The number of hydrogen-bond donors (Lipinski definition) is 2. The minimum atomic E-state index is -3.65. The van der Waals surface area contributed by atoms with Crippen LogP contribution in [0.25, 0.3) is 4.13 Å². The van der Waals surface area contributed by atoms with Crippen LogP contribution in [0.4, 0.5) is 0 Å². The van der Waals surface area contributed by atoms with Crippen LogP contribution in [0.3, 0.4) is 0 Å². The average Bonchev–Trinajstić information content (AvgIpc) is 3.74. The van der Waals surface area contributed by atoms with Gasteiger partial charge >= 0.3 is 0 Å². The third kappa shape index (κ3) is 37.9. The monoisotopic (exact) mass is 1200 g/mol. The first-order valence-electron chi connectivity index (χ1n) is 32.9. The molecule has 6 rings (SSSR count). The van der Waals surface area contributed by atoms with Crippen molar-refractivity contribution in [2.75, 3.05) is 62.3 Å². The van der Waals surface area contributed by atoms with Crippen molar-refractivity contribution in [3.8, 4) is 0 Å². The summed E-state index contributed by atoms with van der Waals surface area (Å²) in [6.45, 7) is 12.2. The average molecular weight is 1200 g/mol. The van der Waals surface area contributed by atoms with Gasteiger partial charge in [-0.2, -0.15) is 0 Å². The number of nitrogens with one attached hydrogen (secondary N) is 2. The Bertz CT molecular complexity index is 1840. The molecule has 18 heteroatoms. The normalized spacial score (nSPS) is 23.2. The van der Waals surface area contributed by atoms with Crippen molar-refractivity contribution in [3.05, 3.63) is 4.13 Å². The molecule has 470 valence electrons. The molecule has 5 fully saturated rings. The summed E-state index contributed by atoms with van der Waals surface area (Å²) >= 11 is 0. The molecule has 6 aliphatic heterocycles. The summed E-state index contributed by atoms with van der Waals surface area (Å²) in [7, 11) is -14.4. The Morgan fingerprint density at radius 3 is 1.27 bits per heavy atom. The minimum Gasteiger partial charge on any atom is -0.436 e. The SMILES string of the molecule is C.CCCCCCCCCCCCCCCCCCC1CCCCN2CCCN=C12.CCCCCCCCCCCCCCCCCCC1CCCCN2CCCNC12.O=S1(=O)CCCS(=O)(=O)N1.O=S1(=O)CCCS(=O)(=O)[N-]1. The van der Waals surface area contributed by atoms with Crippen LogP contribution in [0.1, 0.15) is 304 Å². The van der Waals surface area contributed by atoms with Gasteiger partial charge in [-0.05, 0) is 83.2 Å². The second-order valence-electron chi connectivity index (χ2n) is 24.1. The topological polar surface area (TPSA) is 194 Å². The lowest BCUT2D eigenvalue weighted by Crippen LogP contribution is -2.54. The van der Waals surface area contributed by atoms with E-state index in [9.17, 15) is 33.7 Å². The summed E-state index contributed by atoms with van der Waals surface area (Å²) in [4.78, 5) is 10.3. The molecule has 6 heterocycles. The van der Waals surface area contributed by atoms with Crippen LogP contribution in [-0.4, -0.2) is 118 Å². The van der Waals surface area contributed by atoms with Crippen LogP contribution >= 0.6 is 0 Å². The van der Waals surface area contributed by atoms with Gasteiger partial charge in [-0.15, -0.1) is 4.13 Å². The van der Waals surface area contributed by atoms with Crippen LogP contribution in [-0.2, 0) is 40.1 Å². The lowest BCUT2D eigenvalue weighted by atomic mass is 9.92. The molecule has 0 aliphatic carbocycles. The van der Waals surface area contributed by atoms with Gasteiger partial charge in [0.25, 0.3) is 0 Å². The van der Waals surface area contributed by atoms with E-state index in [1.807, 2.05) is 0 Å². The third-order valence-electron chi connectivity index (χ3n) is 16.8. The Labute approximate surface area is 489 Å². The van der Waals surface area contributed by atoms with E-state index in [4.69, 9.17) is 4.99 Å². The van der Waals surface area contributed by atoms with Gasteiger partial charge in [0.1, 0.15) is 5.84 Å². The highest BCUT2D eigenvalue weighted by molar-refractivity contribution is 8.12. The number of unbranched alkanes of at least 4 members (excludes halogenated alkanes) is 30. The quantitative estimate of drug-likeness (QED) is 0.0582. The van der Waals surface area contributed by atoms with E-state index < -0.39 is 40.1 Å². The maximum Gasteiger partial charge on any atom is 0.224 e. The number of fused-ring (bicyclic) bond motifs is 2. The second-order valence-corrected chi connectivity index (χ2v) is 31.8. The first kappa shape index (κ1) is 74.2. The number of hydrogen-bond acceptors (Lipinski definition) is 12. The molecule has 0 aromatic rings. The van der Waals surface area contributed by atoms with Crippen molar-refractivity contribution in [2.24, 2.45) is 16.8 Å². The summed E-state index contributed by atoms with van der Waals surface area (Å²) in [6.07, 6.45) is 62.0. The molecule has 0 aromatic carbocycles. The number of aliphatic imine (C=N–C) groups is 1. The summed E-state index contributed by atoms with van der Waals surface area (Å²) < 4.78 is 88.7. The van der Waals surface area contributed by atoms with Gasteiger partial charge in [-0.1, -0.05) is 240 Å². The van der Waals surface area contributed by atoms with Crippen molar-refractivity contribution in [2.45, 2.75) is 310 Å². The van der Waals surface area contributed by atoms with E-state index in [0.29, 0.717) is 6.17 Å². The van der Waals surface area contributed by atoms with Gasteiger partial charge in [0, 0.05) is 43.6 Å². The van der Waals surface area contributed by atoms with Gasteiger partial charge in [0.15, 0.2) is 0 Å². The lowest BCUT2D eigenvalue weighted by molar-refractivity contribution is 0.0886. The van der Waals surface area contributed by atoms with Crippen LogP contribution in [0.2, 0.25) is 0 Å². The van der Waals surface area contributed by atoms with Crippen molar-refractivity contribution in [1.29, 1.82) is 0 Å². The Kier molecular flexibility index (Phi) is 42.7. The van der Waals surface area contributed by atoms with Crippen molar-refractivity contribution >= 4 is 45.9 Å². The molecule has 0 saturated carbocycles. The molecule has 14 nitrogen and oxygen atoms in total. The third-order valence-corrected chi connectivity index (χ3v) is 23.9. The number of nitrogens with zero attached hydrogens (tertiary/aromatic N) is 4. The summed E-state index contributed by atoms with van der Waals surface area (Å²) in [6, 6.07) is 0. The summed E-state index contributed by atoms with van der Waals surface area (Å²) in [5, 5.41) is 3.84. The molecule has 3 atom stereocenters. The van der Waals surface area contributed by atoms with Crippen molar-refractivity contribution in [1.82, 2.24) is 19.2 Å². The Morgan fingerprint density at radius 1 is 0.443 bits per heavy atom. The zero-order valence-corrected chi connectivity index (χ0v) is 53.4. The fourth-order valence-electron chi connectivity index (χ4n) is 12.4. The molecular weight excluding hydrogens is 1070 g/mol. The molecule has 6 aliphatic rings. The largest absolute Gasteiger partial charge is 0.436 e. The van der Waals surface area contributed by atoms with E-state index >= 15 is 0 Å². The van der Waals surface area contributed by atoms with Gasteiger partial charge in [-0.25, -0.2) is 33.7 Å². The van der Waals surface area contributed by atoms with Gasteiger partial charge in [0.2, 0.25) is 20.0 Å². The molecular formula is C61H123N6O8S4-. The maximum absolute atomic E-state index is 10.6. The molecule has 0 bridgehead atoms. The van der Waals surface area contributed by atoms with E-state index in [0.717, 1.165) is 18.4 Å². The fraction of sp³-hybridized carbons (Fsp3) is 0.984. The lowest BCUT2D eigenvalue weighted by Gasteiger charge is -2.39. The van der Waals surface area contributed by atoms with Crippen LogP contribution in [0.5, 0.6) is 0 Å². The van der Waals surface area contributed by atoms with Crippen LogP contribution in [0.15, 0.2) is 4.99 Å².